The summed E-state index contributed by atoms with van der Waals surface area (Å²) in [4.78, 5) is 0. The lowest BCUT2D eigenvalue weighted by molar-refractivity contribution is 0.158. The first-order valence-electron chi connectivity index (χ1n) is 13.3. The molecule has 0 aromatic rings. The second-order valence-corrected chi connectivity index (χ2v) is 13.2. The molecule has 0 aliphatic heterocycles. The minimum Gasteiger partial charge on any atom is -0.393 e. The van der Waals surface area contributed by atoms with Crippen molar-refractivity contribution in [3.05, 3.63) is 59.3 Å². The van der Waals surface area contributed by atoms with E-state index in [1.165, 1.54) is 30.4 Å². The van der Waals surface area contributed by atoms with Crippen molar-refractivity contribution in [2.75, 3.05) is 5.75 Å². The van der Waals surface area contributed by atoms with E-state index in [2.05, 4.69) is 57.7 Å². The highest BCUT2D eigenvalue weighted by Crippen LogP contribution is 2.57. The highest BCUT2D eigenvalue weighted by atomic mass is 32.2. The molecule has 0 aromatic carbocycles. The highest BCUT2D eigenvalue weighted by Gasteiger charge is 2.47. The largest absolute Gasteiger partial charge is 0.393 e. The third-order valence-corrected chi connectivity index (χ3v) is 11.0. The van der Waals surface area contributed by atoms with Crippen LogP contribution in [-0.4, -0.2) is 25.9 Å². The summed E-state index contributed by atoms with van der Waals surface area (Å²) in [6.45, 7) is 11.2. The molecule has 0 amide bonds. The highest BCUT2D eigenvalue weighted by molar-refractivity contribution is 7.86. The summed E-state index contributed by atoms with van der Waals surface area (Å²) in [6, 6.07) is 0. The predicted octanol–water partition coefficient (Wildman–Crippen LogP) is 7.35. The molecule has 33 heavy (non-hydrogen) atoms. The number of fused-ring (bicyclic) bond motifs is 1. The predicted molar refractivity (Wildman–Crippen MR) is 141 cm³/mol. The molecule has 1 N–H and O–H groups in total. The summed E-state index contributed by atoms with van der Waals surface area (Å²) in [5, 5.41) is 10.1. The Hall–Kier alpha value is -1.19. The van der Waals surface area contributed by atoms with Crippen molar-refractivity contribution in [2.24, 2.45) is 17.3 Å². The van der Waals surface area contributed by atoms with E-state index in [-0.39, 0.29) is 16.3 Å². The number of hydrogen-bond acceptors (Lipinski definition) is 2. The van der Waals surface area contributed by atoms with E-state index in [0.717, 1.165) is 57.1 Å². The minimum atomic E-state index is -0.719. The average molecular weight is 469 g/mol. The number of aliphatic hydroxyl groups is 1. The van der Waals surface area contributed by atoms with Crippen LogP contribution in [0.25, 0.3) is 0 Å². The molecule has 5 atom stereocenters. The third kappa shape index (κ3) is 5.25. The van der Waals surface area contributed by atoms with Crippen LogP contribution in [0.5, 0.6) is 0 Å². The zero-order valence-corrected chi connectivity index (χ0v) is 21.9. The lowest BCUT2D eigenvalue weighted by Crippen LogP contribution is -2.32. The maximum absolute atomic E-state index is 12.8. The van der Waals surface area contributed by atoms with Crippen LogP contribution < -0.4 is 0 Å². The van der Waals surface area contributed by atoms with Crippen molar-refractivity contribution in [1.82, 2.24) is 0 Å². The molecule has 182 valence electrons. The Balaban J connectivity index is 1.46. The summed E-state index contributed by atoms with van der Waals surface area (Å²) < 4.78 is 12.8. The Morgan fingerprint density at radius 1 is 1.27 bits per heavy atom. The van der Waals surface area contributed by atoms with Gasteiger partial charge in [-0.05, 0) is 87.0 Å². The zero-order chi connectivity index (χ0) is 23.6. The van der Waals surface area contributed by atoms with Gasteiger partial charge in [-0.3, -0.25) is 4.21 Å². The van der Waals surface area contributed by atoms with Gasteiger partial charge < -0.3 is 5.11 Å². The molecule has 0 radical (unpaired) electrons. The molecule has 4 aliphatic carbocycles. The first-order chi connectivity index (χ1) is 15.8. The van der Waals surface area contributed by atoms with E-state index < -0.39 is 10.8 Å². The summed E-state index contributed by atoms with van der Waals surface area (Å²) in [5.74, 6) is 1.85. The molecule has 0 heterocycles. The van der Waals surface area contributed by atoms with Gasteiger partial charge in [0.05, 0.1) is 10.9 Å². The Labute approximate surface area is 204 Å². The van der Waals surface area contributed by atoms with Gasteiger partial charge in [0.15, 0.2) is 0 Å². The Morgan fingerprint density at radius 3 is 2.79 bits per heavy atom. The SMILES string of the molecule is C=C1CCC(O)C/C1=C/C=C1\CCCC2(C)C(C(C)/C=C/C3(S(=O)CCCC)CC3)=CCC12. The van der Waals surface area contributed by atoms with Crippen molar-refractivity contribution < 1.29 is 9.32 Å². The Bertz CT molecular complexity index is 900. The van der Waals surface area contributed by atoms with Gasteiger partial charge in [0, 0.05) is 16.6 Å². The van der Waals surface area contributed by atoms with Crippen molar-refractivity contribution >= 4 is 10.8 Å². The molecule has 2 nitrogen and oxygen atoms in total. The van der Waals surface area contributed by atoms with Gasteiger partial charge in [-0.2, -0.15) is 0 Å². The van der Waals surface area contributed by atoms with E-state index in [4.69, 9.17) is 0 Å². The molecule has 3 fully saturated rings. The summed E-state index contributed by atoms with van der Waals surface area (Å²) in [5.41, 5.74) is 5.83. The lowest BCUT2D eigenvalue weighted by atomic mass is 9.62. The standard InChI is InChI=1S/C30H44O2S/c1-5-6-20-33(32)30(18-19-30)17-15-23(3)27-13-14-28-24(8-7-16-29(27,28)4)10-11-25-21-26(31)12-9-22(25)2/h10-11,13,15,17,23,26,28,31H,2,5-9,12,14,16,18-21H2,1,3-4H3/b17-15+,24-10+,25-11-. The molecule has 0 spiro atoms. The fraction of sp³-hybridized carbons (Fsp3) is 0.667. The maximum Gasteiger partial charge on any atom is 0.0639 e. The van der Waals surface area contributed by atoms with Crippen molar-refractivity contribution in [3.8, 4) is 0 Å². The van der Waals surface area contributed by atoms with Crippen LogP contribution in [0.4, 0.5) is 0 Å². The van der Waals surface area contributed by atoms with Gasteiger partial charge in [0.1, 0.15) is 0 Å². The van der Waals surface area contributed by atoms with Crippen molar-refractivity contribution in [1.29, 1.82) is 0 Å². The molecular formula is C30H44O2S. The Kier molecular flexibility index (Phi) is 7.70. The molecule has 0 saturated heterocycles. The van der Waals surface area contributed by atoms with E-state index in [9.17, 15) is 9.32 Å². The van der Waals surface area contributed by atoms with Gasteiger partial charge >= 0.3 is 0 Å². The van der Waals surface area contributed by atoms with Crippen LogP contribution in [0.2, 0.25) is 0 Å². The first kappa shape index (κ1) is 24.9. The molecule has 4 rings (SSSR count). The first-order valence-corrected chi connectivity index (χ1v) is 14.6. The van der Waals surface area contributed by atoms with Crippen LogP contribution in [0.3, 0.4) is 0 Å². The van der Waals surface area contributed by atoms with Crippen LogP contribution in [0.15, 0.2) is 59.3 Å². The minimum absolute atomic E-state index is 0.0281. The number of aliphatic hydroxyl groups excluding tert-OH is 1. The van der Waals surface area contributed by atoms with E-state index in [1.54, 1.807) is 11.1 Å². The summed E-state index contributed by atoms with van der Waals surface area (Å²) >= 11 is 0. The fourth-order valence-electron chi connectivity index (χ4n) is 6.45. The summed E-state index contributed by atoms with van der Waals surface area (Å²) in [7, 11) is -0.719. The lowest BCUT2D eigenvalue weighted by Gasteiger charge is -2.42. The molecule has 4 aliphatic rings. The van der Waals surface area contributed by atoms with E-state index >= 15 is 0 Å². The normalized spacial score (nSPS) is 35.6. The van der Waals surface area contributed by atoms with Crippen LogP contribution >= 0.6 is 0 Å². The number of unbranched alkanes of at least 4 members (excludes halogenated alkanes) is 1. The topological polar surface area (TPSA) is 37.3 Å². The smallest absolute Gasteiger partial charge is 0.0639 e. The molecule has 0 bridgehead atoms. The van der Waals surface area contributed by atoms with E-state index in [1.807, 2.05) is 0 Å². The molecule has 3 saturated carbocycles. The third-order valence-electron chi connectivity index (χ3n) is 8.86. The number of hydrogen-bond donors (Lipinski definition) is 1. The van der Waals surface area contributed by atoms with Gasteiger partial charge in [-0.15, -0.1) is 0 Å². The maximum atomic E-state index is 12.8. The summed E-state index contributed by atoms with van der Waals surface area (Å²) in [6.07, 6.45) is 23.3. The monoisotopic (exact) mass is 468 g/mol. The number of allylic oxidation sites excluding steroid dienone is 7. The second kappa shape index (κ2) is 10.2. The fourth-order valence-corrected chi connectivity index (χ4v) is 8.19. The van der Waals surface area contributed by atoms with Crippen molar-refractivity contribution in [2.45, 2.75) is 102 Å². The Morgan fingerprint density at radius 2 is 2.06 bits per heavy atom. The molecule has 3 heteroatoms. The second-order valence-electron chi connectivity index (χ2n) is 11.3. The molecule has 5 unspecified atom stereocenters. The van der Waals surface area contributed by atoms with Gasteiger partial charge in [0.25, 0.3) is 0 Å². The van der Waals surface area contributed by atoms with Crippen molar-refractivity contribution in [3.63, 3.8) is 0 Å². The van der Waals surface area contributed by atoms with E-state index in [0.29, 0.717) is 11.8 Å². The van der Waals surface area contributed by atoms with Crippen LogP contribution in [0.1, 0.15) is 91.4 Å². The van der Waals surface area contributed by atoms with Crippen LogP contribution in [-0.2, 0) is 10.8 Å². The van der Waals surface area contributed by atoms with Crippen LogP contribution in [0, 0.1) is 17.3 Å². The molecule has 0 aromatic heterocycles. The quantitative estimate of drug-likeness (QED) is 0.378. The van der Waals surface area contributed by atoms with Gasteiger partial charge in [-0.1, -0.05) is 80.9 Å². The van der Waals surface area contributed by atoms with Gasteiger partial charge in [-0.25, -0.2) is 0 Å². The number of rotatable bonds is 8. The average Bonchev–Trinajstić information content (AvgIpc) is 3.51. The zero-order valence-electron chi connectivity index (χ0n) is 21.1. The van der Waals surface area contributed by atoms with Gasteiger partial charge in [0.2, 0.25) is 0 Å². The molecular weight excluding hydrogens is 424 g/mol.